The maximum absolute atomic E-state index is 5.17. The molecule has 8 heavy (non-hydrogen) atoms. The van der Waals surface area contributed by atoms with Gasteiger partial charge in [-0.05, 0) is 0 Å². The Hall–Kier alpha value is -0.120. The summed E-state index contributed by atoms with van der Waals surface area (Å²) in [4.78, 5) is 0. The third kappa shape index (κ3) is 0.632. The lowest BCUT2D eigenvalue weighted by atomic mass is 10.1. The summed E-state index contributed by atoms with van der Waals surface area (Å²) in [7, 11) is 0. The van der Waals surface area contributed by atoms with E-state index in [1.807, 2.05) is 0 Å². The first-order valence-electron chi connectivity index (χ1n) is 2.95. The van der Waals surface area contributed by atoms with Crippen LogP contribution in [0.5, 0.6) is 0 Å². The fourth-order valence-electron chi connectivity index (χ4n) is 1.01. The largest absolute Gasteiger partial charge is 0.364 e. The summed E-state index contributed by atoms with van der Waals surface area (Å²) in [6, 6.07) is 0. The highest BCUT2D eigenvalue weighted by Crippen LogP contribution is 2.17. The number of ether oxygens (including phenoxy) is 1. The second-order valence-electron chi connectivity index (χ2n) is 2.55. The van der Waals surface area contributed by atoms with Crippen LogP contribution in [0, 0.1) is 0 Å². The third-order valence-electron chi connectivity index (χ3n) is 1.72. The molecule has 0 saturated carbocycles. The van der Waals surface area contributed by atoms with E-state index >= 15 is 0 Å². The van der Waals surface area contributed by atoms with E-state index < -0.39 is 0 Å². The molecule has 3 nitrogen and oxygen atoms in total. The van der Waals surface area contributed by atoms with Crippen molar-refractivity contribution in [1.82, 2.24) is 10.6 Å². The fourth-order valence-corrected chi connectivity index (χ4v) is 1.01. The van der Waals surface area contributed by atoms with Crippen LogP contribution in [-0.2, 0) is 4.74 Å². The Bertz CT molecular complexity index is 92.6. The molecule has 3 heteroatoms. The SMILES string of the molecule is C1NCC2(CN2)CO1. The standard InChI is InChI=1S/C5H10N2O/c1-5(2-7-5)3-8-4-6-1/h6-7H,1-4H2. The normalized spacial score (nSPS) is 45.0. The summed E-state index contributed by atoms with van der Waals surface area (Å²) in [5, 5.41) is 6.42. The van der Waals surface area contributed by atoms with Crippen molar-refractivity contribution in [3.05, 3.63) is 0 Å². The molecule has 2 N–H and O–H groups in total. The quantitative estimate of drug-likeness (QED) is 0.393. The Labute approximate surface area is 48.4 Å². The van der Waals surface area contributed by atoms with Crippen molar-refractivity contribution >= 4 is 0 Å². The zero-order valence-electron chi connectivity index (χ0n) is 4.74. The van der Waals surface area contributed by atoms with E-state index in [-0.39, 0.29) is 0 Å². The molecule has 0 radical (unpaired) electrons. The van der Waals surface area contributed by atoms with Crippen LogP contribution >= 0.6 is 0 Å². The second kappa shape index (κ2) is 1.43. The number of nitrogens with one attached hydrogen (secondary N) is 2. The molecule has 0 aliphatic carbocycles. The van der Waals surface area contributed by atoms with E-state index in [1.165, 1.54) is 0 Å². The molecule has 0 aromatic carbocycles. The molecule has 0 bridgehead atoms. The molecule has 1 unspecified atom stereocenters. The van der Waals surface area contributed by atoms with E-state index in [0.717, 1.165) is 26.4 Å². The van der Waals surface area contributed by atoms with Crippen LogP contribution in [0.15, 0.2) is 0 Å². The monoisotopic (exact) mass is 114 g/mol. The molecule has 2 fully saturated rings. The molecule has 2 rings (SSSR count). The molecular formula is C5H10N2O. The van der Waals surface area contributed by atoms with Gasteiger partial charge in [0.1, 0.15) is 0 Å². The van der Waals surface area contributed by atoms with Crippen LogP contribution in [-0.4, -0.2) is 32.0 Å². The summed E-state index contributed by atoms with van der Waals surface area (Å²) in [5.41, 5.74) is 0.345. The summed E-state index contributed by atoms with van der Waals surface area (Å²) >= 11 is 0. The average molecular weight is 114 g/mol. The van der Waals surface area contributed by atoms with Crippen molar-refractivity contribution in [1.29, 1.82) is 0 Å². The van der Waals surface area contributed by atoms with E-state index in [0.29, 0.717) is 5.54 Å². The summed E-state index contributed by atoms with van der Waals surface area (Å²) in [6.45, 7) is 3.82. The van der Waals surface area contributed by atoms with Crippen molar-refractivity contribution in [3.8, 4) is 0 Å². The van der Waals surface area contributed by atoms with Gasteiger partial charge in [-0.1, -0.05) is 0 Å². The predicted octanol–water partition coefficient (Wildman–Crippen LogP) is -1.09. The molecule has 2 heterocycles. The molecule has 0 aromatic rings. The van der Waals surface area contributed by atoms with Gasteiger partial charge in [0.2, 0.25) is 0 Å². The van der Waals surface area contributed by atoms with Gasteiger partial charge in [0.25, 0.3) is 0 Å². The second-order valence-corrected chi connectivity index (χ2v) is 2.55. The van der Waals surface area contributed by atoms with Gasteiger partial charge in [0.05, 0.1) is 18.9 Å². The van der Waals surface area contributed by atoms with E-state index in [4.69, 9.17) is 4.74 Å². The van der Waals surface area contributed by atoms with Crippen LogP contribution in [0.4, 0.5) is 0 Å². The molecule has 46 valence electrons. The van der Waals surface area contributed by atoms with Gasteiger partial charge in [0.15, 0.2) is 0 Å². The Morgan fingerprint density at radius 1 is 1.38 bits per heavy atom. The first-order chi connectivity index (χ1) is 3.91. The highest BCUT2D eigenvalue weighted by atomic mass is 16.5. The number of hydrogen-bond acceptors (Lipinski definition) is 3. The van der Waals surface area contributed by atoms with Crippen LogP contribution < -0.4 is 10.6 Å². The maximum atomic E-state index is 5.17. The highest BCUT2D eigenvalue weighted by molar-refractivity contribution is 5.06. The molecule has 2 aliphatic heterocycles. The Morgan fingerprint density at radius 2 is 2.25 bits per heavy atom. The van der Waals surface area contributed by atoms with Crippen LogP contribution in [0.2, 0.25) is 0 Å². The maximum Gasteiger partial charge on any atom is 0.0966 e. The van der Waals surface area contributed by atoms with E-state index in [2.05, 4.69) is 10.6 Å². The van der Waals surface area contributed by atoms with Gasteiger partial charge in [-0.15, -0.1) is 0 Å². The minimum atomic E-state index is 0.345. The van der Waals surface area contributed by atoms with Crippen molar-refractivity contribution in [2.45, 2.75) is 5.54 Å². The van der Waals surface area contributed by atoms with Gasteiger partial charge < -0.3 is 10.1 Å². The fraction of sp³-hybridized carbons (Fsp3) is 1.00. The number of rotatable bonds is 0. The van der Waals surface area contributed by atoms with Crippen molar-refractivity contribution in [2.75, 3.05) is 26.4 Å². The Balaban J connectivity index is 1.95. The van der Waals surface area contributed by atoms with Gasteiger partial charge in [-0.25, -0.2) is 0 Å². The molecule has 1 atom stereocenters. The van der Waals surface area contributed by atoms with Crippen molar-refractivity contribution in [3.63, 3.8) is 0 Å². The molecule has 0 amide bonds. The lowest BCUT2D eigenvalue weighted by Crippen LogP contribution is -2.43. The third-order valence-corrected chi connectivity index (χ3v) is 1.72. The summed E-state index contributed by atoms with van der Waals surface area (Å²) in [5.74, 6) is 0. The van der Waals surface area contributed by atoms with E-state index in [9.17, 15) is 0 Å². The lowest BCUT2D eigenvalue weighted by Gasteiger charge is -2.20. The molecule has 0 aromatic heterocycles. The molecular weight excluding hydrogens is 104 g/mol. The van der Waals surface area contributed by atoms with Crippen LogP contribution in [0.3, 0.4) is 0 Å². The van der Waals surface area contributed by atoms with Gasteiger partial charge in [0, 0.05) is 13.1 Å². The first kappa shape index (κ1) is 4.73. The smallest absolute Gasteiger partial charge is 0.0966 e. The van der Waals surface area contributed by atoms with Gasteiger partial charge in [-0.2, -0.15) is 0 Å². The summed E-state index contributed by atoms with van der Waals surface area (Å²) in [6.07, 6.45) is 0. The minimum absolute atomic E-state index is 0.345. The van der Waals surface area contributed by atoms with Crippen LogP contribution in [0.1, 0.15) is 0 Å². The van der Waals surface area contributed by atoms with Gasteiger partial charge >= 0.3 is 0 Å². The summed E-state index contributed by atoms with van der Waals surface area (Å²) < 4.78 is 5.17. The number of hydrogen-bond donors (Lipinski definition) is 2. The Kier molecular flexibility index (Phi) is 0.848. The minimum Gasteiger partial charge on any atom is -0.364 e. The van der Waals surface area contributed by atoms with E-state index in [1.54, 1.807) is 0 Å². The van der Waals surface area contributed by atoms with Crippen molar-refractivity contribution < 1.29 is 4.74 Å². The molecule has 2 saturated heterocycles. The first-order valence-corrected chi connectivity index (χ1v) is 2.95. The predicted molar refractivity (Wildman–Crippen MR) is 29.6 cm³/mol. The Morgan fingerprint density at radius 3 is 2.62 bits per heavy atom. The molecule has 2 aliphatic rings. The lowest BCUT2D eigenvalue weighted by molar-refractivity contribution is 0.0611. The van der Waals surface area contributed by atoms with Crippen molar-refractivity contribution in [2.24, 2.45) is 0 Å². The van der Waals surface area contributed by atoms with Crippen LogP contribution in [0.25, 0.3) is 0 Å². The highest BCUT2D eigenvalue weighted by Gasteiger charge is 2.43. The average Bonchev–Trinajstić information content (AvgIpc) is 2.52. The zero-order valence-corrected chi connectivity index (χ0v) is 4.74. The zero-order chi connectivity index (χ0) is 5.45. The topological polar surface area (TPSA) is 43.2 Å². The van der Waals surface area contributed by atoms with Gasteiger partial charge in [-0.3, -0.25) is 5.32 Å². The molecule has 1 spiro atoms.